The van der Waals surface area contributed by atoms with Crippen LogP contribution in [-0.2, 0) is 5.41 Å². The molecule has 0 bridgehead atoms. The molecule has 1 heterocycles. The van der Waals surface area contributed by atoms with Crippen LogP contribution in [0.1, 0.15) is 43.2 Å². The molecule has 1 aromatic heterocycles. The van der Waals surface area contributed by atoms with Gasteiger partial charge in [-0.15, -0.1) is 0 Å². The standard InChI is InChI=1S/C41H31NO/c1-8-23-41(24-9-1)35-19-7-6-17-33(35)39-36(41)20-11-21-37(39)43-40-31-16-5-4-15-30(31)38(34-26-42-25-22-32(34)40)29-18-10-13-27-12-2-3-14-28(27)29/h2-7,10-22,25-26H,1,8-9,23-24H2. The maximum Gasteiger partial charge on any atom is 0.143 e. The number of ether oxygens (including phenoxy) is 1. The van der Waals surface area contributed by atoms with Crippen molar-refractivity contribution in [2.24, 2.45) is 0 Å². The van der Waals surface area contributed by atoms with Crippen LogP contribution in [-0.4, -0.2) is 4.98 Å². The third kappa shape index (κ3) is 3.56. The Morgan fingerprint density at radius 1 is 0.512 bits per heavy atom. The summed E-state index contributed by atoms with van der Waals surface area (Å²) in [6, 6.07) is 41.8. The molecule has 6 aromatic carbocycles. The van der Waals surface area contributed by atoms with E-state index in [1.165, 1.54) is 81.6 Å². The maximum atomic E-state index is 7.19. The lowest BCUT2D eigenvalue weighted by atomic mass is 9.68. The zero-order valence-electron chi connectivity index (χ0n) is 24.0. The van der Waals surface area contributed by atoms with E-state index in [0.29, 0.717) is 0 Å². The van der Waals surface area contributed by atoms with E-state index in [1.54, 1.807) is 0 Å². The van der Waals surface area contributed by atoms with Crippen LogP contribution in [0.2, 0.25) is 0 Å². The fraction of sp³-hybridized carbons (Fsp3) is 0.146. The molecule has 7 aromatic rings. The first-order valence-electron chi connectivity index (χ1n) is 15.5. The Hall–Kier alpha value is -4.95. The molecule has 1 saturated carbocycles. The van der Waals surface area contributed by atoms with Gasteiger partial charge in [0.05, 0.1) is 0 Å². The van der Waals surface area contributed by atoms with E-state index in [-0.39, 0.29) is 5.41 Å². The molecule has 0 amide bonds. The van der Waals surface area contributed by atoms with Crippen LogP contribution in [0.25, 0.3) is 54.6 Å². The van der Waals surface area contributed by atoms with Crippen molar-refractivity contribution in [1.82, 2.24) is 4.98 Å². The maximum absolute atomic E-state index is 7.19. The summed E-state index contributed by atoms with van der Waals surface area (Å²) in [6.45, 7) is 0. The van der Waals surface area contributed by atoms with Gasteiger partial charge in [-0.25, -0.2) is 0 Å². The Bertz CT molecular complexity index is 2140. The number of aromatic nitrogens is 1. The first-order valence-corrected chi connectivity index (χ1v) is 15.5. The number of pyridine rings is 1. The zero-order valence-corrected chi connectivity index (χ0v) is 24.0. The van der Waals surface area contributed by atoms with Gasteiger partial charge in [0.2, 0.25) is 0 Å². The van der Waals surface area contributed by atoms with Gasteiger partial charge in [0, 0.05) is 39.5 Å². The summed E-state index contributed by atoms with van der Waals surface area (Å²) in [6.07, 6.45) is 10.2. The molecule has 0 aliphatic heterocycles. The van der Waals surface area contributed by atoms with Crippen LogP contribution < -0.4 is 4.74 Å². The molecule has 43 heavy (non-hydrogen) atoms. The van der Waals surface area contributed by atoms with Crippen LogP contribution >= 0.6 is 0 Å². The molecule has 0 radical (unpaired) electrons. The molecule has 9 rings (SSSR count). The molecule has 0 unspecified atom stereocenters. The predicted molar refractivity (Wildman–Crippen MR) is 178 cm³/mol. The Labute approximate surface area is 251 Å². The molecule has 2 aliphatic carbocycles. The highest BCUT2D eigenvalue weighted by atomic mass is 16.5. The number of nitrogens with zero attached hydrogens (tertiary/aromatic N) is 1. The molecular weight excluding hydrogens is 522 g/mol. The van der Waals surface area contributed by atoms with E-state index in [1.807, 2.05) is 12.4 Å². The molecule has 2 nitrogen and oxygen atoms in total. The van der Waals surface area contributed by atoms with Gasteiger partial charge in [-0.3, -0.25) is 4.98 Å². The van der Waals surface area contributed by atoms with Crippen molar-refractivity contribution < 1.29 is 4.74 Å². The third-order valence-electron chi connectivity index (χ3n) is 10.0. The van der Waals surface area contributed by atoms with Crippen molar-refractivity contribution in [3.8, 4) is 33.8 Å². The van der Waals surface area contributed by atoms with E-state index in [2.05, 4.69) is 120 Å². The normalized spacial score (nSPS) is 15.2. The molecule has 2 heteroatoms. The van der Waals surface area contributed by atoms with Crippen LogP contribution in [0.4, 0.5) is 0 Å². The lowest BCUT2D eigenvalue weighted by Crippen LogP contribution is -2.27. The van der Waals surface area contributed by atoms with Gasteiger partial charge in [0.25, 0.3) is 0 Å². The largest absolute Gasteiger partial charge is 0.455 e. The van der Waals surface area contributed by atoms with Crippen molar-refractivity contribution in [2.75, 3.05) is 0 Å². The average Bonchev–Trinajstić information content (AvgIpc) is 3.34. The molecule has 0 saturated heterocycles. The SMILES string of the molecule is c1ccc2c(c1)-c1c(Oc3c4ccccc4c(-c4cccc5ccccc45)c4cnccc34)cccc1C21CCCCC1. The van der Waals surface area contributed by atoms with Gasteiger partial charge >= 0.3 is 0 Å². The van der Waals surface area contributed by atoms with Crippen molar-refractivity contribution in [1.29, 1.82) is 0 Å². The number of rotatable bonds is 3. The summed E-state index contributed by atoms with van der Waals surface area (Å²) in [4.78, 5) is 4.62. The Morgan fingerprint density at radius 3 is 2.09 bits per heavy atom. The number of hydrogen-bond acceptors (Lipinski definition) is 2. The number of benzene rings is 6. The Morgan fingerprint density at radius 2 is 1.19 bits per heavy atom. The minimum Gasteiger partial charge on any atom is -0.455 e. The highest BCUT2D eigenvalue weighted by molar-refractivity contribution is 6.19. The highest BCUT2D eigenvalue weighted by Crippen LogP contribution is 2.58. The topological polar surface area (TPSA) is 22.1 Å². The highest BCUT2D eigenvalue weighted by Gasteiger charge is 2.44. The Balaban J connectivity index is 1.31. The van der Waals surface area contributed by atoms with Gasteiger partial charge in [-0.05, 0) is 69.0 Å². The molecule has 0 atom stereocenters. The molecule has 2 aliphatic rings. The molecule has 206 valence electrons. The van der Waals surface area contributed by atoms with Gasteiger partial charge in [0.15, 0.2) is 0 Å². The number of hydrogen-bond donors (Lipinski definition) is 0. The summed E-state index contributed by atoms with van der Waals surface area (Å²) in [7, 11) is 0. The molecular formula is C41H31NO. The number of fused-ring (bicyclic) bond motifs is 8. The van der Waals surface area contributed by atoms with Crippen LogP contribution in [0.3, 0.4) is 0 Å². The second-order valence-electron chi connectivity index (χ2n) is 12.2. The fourth-order valence-electron chi connectivity index (χ4n) is 8.18. The van der Waals surface area contributed by atoms with Crippen LogP contribution in [0.15, 0.2) is 128 Å². The van der Waals surface area contributed by atoms with Crippen molar-refractivity contribution >= 4 is 32.3 Å². The predicted octanol–water partition coefficient (Wildman–Crippen LogP) is 11.2. The van der Waals surface area contributed by atoms with Gasteiger partial charge in [-0.1, -0.05) is 122 Å². The van der Waals surface area contributed by atoms with E-state index in [4.69, 9.17) is 4.74 Å². The van der Waals surface area contributed by atoms with Crippen molar-refractivity contribution in [2.45, 2.75) is 37.5 Å². The first kappa shape index (κ1) is 24.6. The fourth-order valence-corrected chi connectivity index (χ4v) is 8.18. The summed E-state index contributed by atoms with van der Waals surface area (Å²) >= 11 is 0. The van der Waals surface area contributed by atoms with Gasteiger partial charge in [-0.2, -0.15) is 0 Å². The van der Waals surface area contributed by atoms with Gasteiger partial charge < -0.3 is 4.74 Å². The molecule has 0 N–H and O–H groups in total. The summed E-state index contributed by atoms with van der Waals surface area (Å²) in [5.74, 6) is 1.83. The van der Waals surface area contributed by atoms with Crippen LogP contribution in [0, 0.1) is 0 Å². The minimum absolute atomic E-state index is 0.0931. The lowest BCUT2D eigenvalue weighted by Gasteiger charge is -2.35. The van der Waals surface area contributed by atoms with Gasteiger partial charge in [0.1, 0.15) is 11.5 Å². The van der Waals surface area contributed by atoms with Crippen molar-refractivity contribution in [3.05, 3.63) is 139 Å². The zero-order chi connectivity index (χ0) is 28.4. The summed E-state index contributed by atoms with van der Waals surface area (Å²) in [5.41, 5.74) is 8.03. The van der Waals surface area contributed by atoms with Crippen LogP contribution in [0.5, 0.6) is 11.5 Å². The van der Waals surface area contributed by atoms with E-state index in [0.717, 1.165) is 27.7 Å². The average molecular weight is 554 g/mol. The lowest BCUT2D eigenvalue weighted by molar-refractivity contribution is 0.352. The smallest absolute Gasteiger partial charge is 0.143 e. The second kappa shape index (κ2) is 9.54. The van der Waals surface area contributed by atoms with Crippen molar-refractivity contribution in [3.63, 3.8) is 0 Å². The third-order valence-corrected chi connectivity index (χ3v) is 10.0. The first-order chi connectivity index (χ1) is 21.3. The van der Waals surface area contributed by atoms with E-state index >= 15 is 0 Å². The second-order valence-corrected chi connectivity index (χ2v) is 12.2. The monoisotopic (exact) mass is 553 g/mol. The van der Waals surface area contributed by atoms with E-state index in [9.17, 15) is 0 Å². The van der Waals surface area contributed by atoms with E-state index < -0.39 is 0 Å². The Kier molecular flexibility index (Phi) is 5.46. The minimum atomic E-state index is 0.0931. The summed E-state index contributed by atoms with van der Waals surface area (Å²) < 4.78 is 7.19. The summed E-state index contributed by atoms with van der Waals surface area (Å²) in [5, 5.41) is 6.93. The molecule has 1 fully saturated rings. The molecule has 1 spiro atoms. The quantitative estimate of drug-likeness (QED) is 0.203.